The van der Waals surface area contributed by atoms with Crippen LogP contribution in [0.5, 0.6) is 0 Å². The molecule has 0 fully saturated rings. The number of nitrogens with zero attached hydrogens (tertiary/aromatic N) is 2. The quantitative estimate of drug-likeness (QED) is 0.791. The molecule has 0 saturated carbocycles. The van der Waals surface area contributed by atoms with Crippen LogP contribution in [-0.4, -0.2) is 9.78 Å². The molecule has 17 heavy (non-hydrogen) atoms. The van der Waals surface area contributed by atoms with E-state index in [1.165, 1.54) is 10.2 Å². The van der Waals surface area contributed by atoms with E-state index in [0.29, 0.717) is 6.54 Å². The maximum absolute atomic E-state index is 11.6. The lowest BCUT2D eigenvalue weighted by Crippen LogP contribution is -2.22. The van der Waals surface area contributed by atoms with Crippen LogP contribution in [0, 0.1) is 13.8 Å². The smallest absolute Gasteiger partial charge is 0.267 e. The number of rotatable bonds is 2. The first-order chi connectivity index (χ1) is 8.11. The Balaban J connectivity index is 2.59. The van der Waals surface area contributed by atoms with Gasteiger partial charge in [-0.05, 0) is 26.3 Å². The molecule has 1 aromatic carbocycles. The first-order valence-corrected chi connectivity index (χ1v) is 5.77. The monoisotopic (exact) mass is 228 g/mol. The van der Waals surface area contributed by atoms with Crippen molar-refractivity contribution >= 4 is 0 Å². The van der Waals surface area contributed by atoms with Gasteiger partial charge in [-0.2, -0.15) is 5.10 Å². The van der Waals surface area contributed by atoms with Gasteiger partial charge in [0.15, 0.2) is 0 Å². The van der Waals surface area contributed by atoms with E-state index in [1.54, 1.807) is 6.07 Å². The van der Waals surface area contributed by atoms with Gasteiger partial charge in [0, 0.05) is 18.2 Å². The van der Waals surface area contributed by atoms with E-state index in [9.17, 15) is 4.79 Å². The zero-order valence-electron chi connectivity index (χ0n) is 10.4. The van der Waals surface area contributed by atoms with E-state index >= 15 is 0 Å². The lowest BCUT2D eigenvalue weighted by atomic mass is 10.1. The molecule has 1 heterocycles. The third-order valence-corrected chi connectivity index (χ3v) is 2.81. The van der Waals surface area contributed by atoms with Crippen molar-refractivity contribution in [2.75, 3.05) is 0 Å². The molecule has 0 N–H and O–H groups in total. The molecule has 3 heteroatoms. The van der Waals surface area contributed by atoms with Crippen LogP contribution in [-0.2, 0) is 6.54 Å². The molecule has 2 rings (SSSR count). The van der Waals surface area contributed by atoms with E-state index in [2.05, 4.69) is 24.2 Å². The Morgan fingerprint density at radius 2 is 1.82 bits per heavy atom. The van der Waals surface area contributed by atoms with Crippen molar-refractivity contribution in [3.05, 3.63) is 51.8 Å². The fourth-order valence-corrected chi connectivity index (χ4v) is 1.80. The first-order valence-electron chi connectivity index (χ1n) is 5.77. The van der Waals surface area contributed by atoms with E-state index in [4.69, 9.17) is 0 Å². The largest absolute Gasteiger partial charge is 0.268 e. The Hall–Kier alpha value is -1.90. The van der Waals surface area contributed by atoms with Crippen LogP contribution in [0.15, 0.2) is 35.1 Å². The molecule has 0 aliphatic carbocycles. The van der Waals surface area contributed by atoms with Crippen LogP contribution in [0.2, 0.25) is 0 Å². The molecule has 0 radical (unpaired) electrons. The molecule has 0 amide bonds. The average Bonchev–Trinajstić information content (AvgIpc) is 2.31. The topological polar surface area (TPSA) is 34.9 Å². The Kier molecular flexibility index (Phi) is 3.09. The van der Waals surface area contributed by atoms with Crippen molar-refractivity contribution in [3.63, 3.8) is 0 Å². The number of aryl methyl sites for hydroxylation is 3. The fourth-order valence-electron chi connectivity index (χ4n) is 1.80. The predicted molar refractivity (Wildman–Crippen MR) is 69.1 cm³/mol. The van der Waals surface area contributed by atoms with Gasteiger partial charge in [0.2, 0.25) is 0 Å². The van der Waals surface area contributed by atoms with Crippen LogP contribution in [0.1, 0.15) is 18.1 Å². The van der Waals surface area contributed by atoms with Gasteiger partial charge >= 0.3 is 0 Å². The molecular weight excluding hydrogens is 212 g/mol. The predicted octanol–water partition coefficient (Wildman–Crippen LogP) is 2.55. The summed E-state index contributed by atoms with van der Waals surface area (Å²) in [4.78, 5) is 11.6. The molecule has 0 saturated heterocycles. The van der Waals surface area contributed by atoms with E-state index in [0.717, 1.165) is 16.8 Å². The van der Waals surface area contributed by atoms with Crippen molar-refractivity contribution in [1.29, 1.82) is 0 Å². The van der Waals surface area contributed by atoms with Crippen LogP contribution in [0.4, 0.5) is 0 Å². The maximum Gasteiger partial charge on any atom is 0.267 e. The Morgan fingerprint density at radius 3 is 2.41 bits per heavy atom. The molecule has 0 spiro atoms. The van der Waals surface area contributed by atoms with Crippen LogP contribution >= 0.6 is 0 Å². The highest BCUT2D eigenvalue weighted by atomic mass is 16.1. The summed E-state index contributed by atoms with van der Waals surface area (Å²) in [5.41, 5.74) is 4.03. The van der Waals surface area contributed by atoms with E-state index in [-0.39, 0.29) is 5.56 Å². The molecule has 88 valence electrons. The molecule has 0 unspecified atom stereocenters. The molecule has 2 aromatic rings. The molecule has 0 aliphatic rings. The molecular formula is C14H16N2O. The summed E-state index contributed by atoms with van der Waals surface area (Å²) in [6.07, 6.45) is 0. The van der Waals surface area contributed by atoms with Crippen molar-refractivity contribution < 1.29 is 0 Å². The summed E-state index contributed by atoms with van der Waals surface area (Å²) < 4.78 is 1.49. The van der Waals surface area contributed by atoms with Gasteiger partial charge in [-0.15, -0.1) is 0 Å². The van der Waals surface area contributed by atoms with Gasteiger partial charge < -0.3 is 0 Å². The highest BCUT2D eigenvalue weighted by molar-refractivity contribution is 5.62. The molecule has 0 atom stereocenters. The second-order valence-corrected chi connectivity index (χ2v) is 4.20. The van der Waals surface area contributed by atoms with Gasteiger partial charge in [-0.3, -0.25) is 4.79 Å². The molecule has 0 bridgehead atoms. The normalized spacial score (nSPS) is 10.5. The van der Waals surface area contributed by atoms with Crippen molar-refractivity contribution in [3.8, 4) is 11.3 Å². The van der Waals surface area contributed by atoms with E-state index in [1.807, 2.05) is 26.0 Å². The lowest BCUT2D eigenvalue weighted by Gasteiger charge is -2.08. The van der Waals surface area contributed by atoms with Gasteiger partial charge in [0.05, 0.1) is 5.69 Å². The number of aromatic nitrogens is 2. The summed E-state index contributed by atoms with van der Waals surface area (Å²) in [7, 11) is 0. The standard InChI is InChI=1S/C14H16N2O/c1-4-16-13(17)9-11(3)14(15-16)12-7-5-10(2)6-8-12/h5-9H,4H2,1-3H3. The Bertz CT molecular complexity index is 582. The summed E-state index contributed by atoms with van der Waals surface area (Å²) >= 11 is 0. The van der Waals surface area contributed by atoms with Crippen LogP contribution in [0.3, 0.4) is 0 Å². The molecule has 0 aliphatic heterocycles. The minimum Gasteiger partial charge on any atom is -0.268 e. The Morgan fingerprint density at radius 1 is 1.18 bits per heavy atom. The average molecular weight is 228 g/mol. The lowest BCUT2D eigenvalue weighted by molar-refractivity contribution is 0.617. The van der Waals surface area contributed by atoms with E-state index < -0.39 is 0 Å². The second-order valence-electron chi connectivity index (χ2n) is 4.20. The summed E-state index contributed by atoms with van der Waals surface area (Å²) in [5.74, 6) is 0. The SMILES string of the molecule is CCn1nc(-c2ccc(C)cc2)c(C)cc1=O. The zero-order chi connectivity index (χ0) is 12.4. The minimum absolute atomic E-state index is 0.0409. The van der Waals surface area contributed by atoms with Crippen molar-refractivity contribution in [2.45, 2.75) is 27.3 Å². The summed E-state index contributed by atoms with van der Waals surface area (Å²) in [6, 6.07) is 9.83. The number of hydrogen-bond donors (Lipinski definition) is 0. The van der Waals surface area contributed by atoms with Crippen LogP contribution < -0.4 is 5.56 Å². The van der Waals surface area contributed by atoms with Crippen molar-refractivity contribution in [2.24, 2.45) is 0 Å². The summed E-state index contributed by atoms with van der Waals surface area (Å²) in [6.45, 7) is 6.49. The highest BCUT2D eigenvalue weighted by Crippen LogP contribution is 2.19. The zero-order valence-corrected chi connectivity index (χ0v) is 10.4. The molecule has 1 aromatic heterocycles. The third kappa shape index (κ3) is 2.28. The number of benzene rings is 1. The fraction of sp³-hybridized carbons (Fsp3) is 0.286. The minimum atomic E-state index is -0.0409. The second kappa shape index (κ2) is 4.53. The van der Waals surface area contributed by atoms with Gasteiger partial charge in [-0.25, -0.2) is 4.68 Å². The van der Waals surface area contributed by atoms with Gasteiger partial charge in [0.25, 0.3) is 5.56 Å². The highest BCUT2D eigenvalue weighted by Gasteiger charge is 2.06. The summed E-state index contributed by atoms with van der Waals surface area (Å²) in [5, 5.41) is 4.39. The third-order valence-electron chi connectivity index (χ3n) is 2.81. The Labute approximate surface area is 101 Å². The van der Waals surface area contributed by atoms with Gasteiger partial charge in [0.1, 0.15) is 0 Å². The van der Waals surface area contributed by atoms with Crippen molar-refractivity contribution in [1.82, 2.24) is 9.78 Å². The first kappa shape index (κ1) is 11.6. The maximum atomic E-state index is 11.6. The van der Waals surface area contributed by atoms with Crippen LogP contribution in [0.25, 0.3) is 11.3 Å². The van der Waals surface area contributed by atoms with Gasteiger partial charge in [-0.1, -0.05) is 29.8 Å². The number of hydrogen-bond acceptors (Lipinski definition) is 2. The molecule has 3 nitrogen and oxygen atoms in total.